The maximum atomic E-state index is 12.2. The highest BCUT2D eigenvalue weighted by Gasteiger charge is 2.51. The lowest BCUT2D eigenvalue weighted by Gasteiger charge is -2.25. The normalized spacial score (nSPS) is 34.0. The van der Waals surface area contributed by atoms with E-state index in [2.05, 4.69) is 11.2 Å². The topological polar surface area (TPSA) is 66.4 Å². The number of terminal acetylenes is 1. The second-order valence-electron chi connectivity index (χ2n) is 5.16. The first kappa shape index (κ1) is 12.7. The maximum Gasteiger partial charge on any atom is 0.307 e. The van der Waals surface area contributed by atoms with Crippen molar-refractivity contribution in [2.24, 2.45) is 23.7 Å². The number of carbonyl (C=O) groups excluding carboxylic acids is 1. The van der Waals surface area contributed by atoms with Gasteiger partial charge < -0.3 is 10.4 Å². The number of nitrogens with one attached hydrogen (secondary N) is 1. The molecule has 1 amide bonds. The number of carbonyl (C=O) groups is 2. The highest BCUT2D eigenvalue weighted by molar-refractivity contribution is 5.87. The predicted molar refractivity (Wildman–Crippen MR) is 66.4 cm³/mol. The third-order valence-electron chi connectivity index (χ3n) is 3.86. The van der Waals surface area contributed by atoms with Crippen LogP contribution in [0.1, 0.15) is 19.8 Å². The molecule has 0 spiro atoms. The van der Waals surface area contributed by atoms with Crippen LogP contribution < -0.4 is 5.32 Å². The van der Waals surface area contributed by atoms with E-state index >= 15 is 0 Å². The van der Waals surface area contributed by atoms with E-state index in [0.29, 0.717) is 6.42 Å². The van der Waals surface area contributed by atoms with Crippen molar-refractivity contribution in [2.75, 3.05) is 0 Å². The van der Waals surface area contributed by atoms with Gasteiger partial charge in [0, 0.05) is 12.5 Å². The summed E-state index contributed by atoms with van der Waals surface area (Å²) in [5, 5.41) is 12.1. The van der Waals surface area contributed by atoms with E-state index in [9.17, 15) is 14.7 Å². The van der Waals surface area contributed by atoms with Gasteiger partial charge in [-0.05, 0) is 25.2 Å². The monoisotopic (exact) mass is 247 g/mol. The molecule has 2 N–H and O–H groups in total. The maximum absolute atomic E-state index is 12.2. The van der Waals surface area contributed by atoms with Crippen molar-refractivity contribution in [3.8, 4) is 12.3 Å². The molecule has 0 heterocycles. The Morgan fingerprint density at radius 1 is 1.44 bits per heavy atom. The second kappa shape index (κ2) is 4.85. The van der Waals surface area contributed by atoms with Crippen molar-refractivity contribution >= 4 is 11.9 Å². The molecule has 1 saturated carbocycles. The molecule has 2 rings (SSSR count). The Labute approximate surface area is 106 Å². The largest absolute Gasteiger partial charge is 0.481 e. The molecule has 0 aromatic carbocycles. The number of carboxylic acids is 1. The fraction of sp³-hybridized carbons (Fsp3) is 0.571. The van der Waals surface area contributed by atoms with Crippen LogP contribution in [0.3, 0.4) is 0 Å². The first-order chi connectivity index (χ1) is 8.54. The van der Waals surface area contributed by atoms with Crippen LogP contribution in [0.5, 0.6) is 0 Å². The van der Waals surface area contributed by atoms with Crippen LogP contribution in [-0.2, 0) is 9.59 Å². The van der Waals surface area contributed by atoms with Crippen LogP contribution in [0.2, 0.25) is 0 Å². The fourth-order valence-corrected chi connectivity index (χ4v) is 3.08. The minimum absolute atomic E-state index is 0.00573. The summed E-state index contributed by atoms with van der Waals surface area (Å²) < 4.78 is 0. The summed E-state index contributed by atoms with van der Waals surface area (Å²) in [6, 6.07) is -0.111. The summed E-state index contributed by atoms with van der Waals surface area (Å²) in [5.41, 5.74) is 0. The summed E-state index contributed by atoms with van der Waals surface area (Å²) in [6.45, 7) is 1.83. The lowest BCUT2D eigenvalue weighted by molar-refractivity contribution is -0.148. The molecule has 96 valence electrons. The Morgan fingerprint density at radius 3 is 2.61 bits per heavy atom. The van der Waals surface area contributed by atoms with E-state index in [1.54, 1.807) is 0 Å². The highest BCUT2D eigenvalue weighted by atomic mass is 16.4. The Bertz CT molecular complexity index is 435. The average molecular weight is 247 g/mol. The number of rotatable bonds is 4. The van der Waals surface area contributed by atoms with Crippen LogP contribution in [0.4, 0.5) is 0 Å². The highest BCUT2D eigenvalue weighted by Crippen LogP contribution is 2.48. The summed E-state index contributed by atoms with van der Waals surface area (Å²) in [5.74, 6) is 0.468. The molecule has 18 heavy (non-hydrogen) atoms. The molecule has 1 fully saturated rings. The van der Waals surface area contributed by atoms with E-state index < -0.39 is 17.8 Å². The minimum atomic E-state index is -0.878. The van der Waals surface area contributed by atoms with Crippen LogP contribution in [0.15, 0.2) is 12.2 Å². The number of fused-ring (bicyclic) bond motifs is 2. The molecule has 2 aliphatic carbocycles. The third kappa shape index (κ3) is 2.13. The van der Waals surface area contributed by atoms with Crippen molar-refractivity contribution in [3.63, 3.8) is 0 Å². The average Bonchev–Trinajstić information content (AvgIpc) is 2.88. The van der Waals surface area contributed by atoms with Crippen molar-refractivity contribution in [2.45, 2.75) is 25.8 Å². The van der Waals surface area contributed by atoms with Gasteiger partial charge in [0.25, 0.3) is 0 Å². The van der Waals surface area contributed by atoms with Gasteiger partial charge in [0.05, 0.1) is 11.8 Å². The van der Waals surface area contributed by atoms with Crippen molar-refractivity contribution in [1.82, 2.24) is 5.32 Å². The zero-order valence-electron chi connectivity index (χ0n) is 10.3. The number of amides is 1. The number of aliphatic carboxylic acids is 1. The van der Waals surface area contributed by atoms with Crippen LogP contribution in [0, 0.1) is 36.0 Å². The van der Waals surface area contributed by atoms with Gasteiger partial charge in [-0.2, -0.15) is 0 Å². The molecule has 4 heteroatoms. The molecular formula is C14H17NO3. The van der Waals surface area contributed by atoms with Crippen LogP contribution in [0.25, 0.3) is 0 Å². The Morgan fingerprint density at radius 2 is 2.06 bits per heavy atom. The Balaban J connectivity index is 2.08. The minimum Gasteiger partial charge on any atom is -0.481 e. The van der Waals surface area contributed by atoms with E-state index in [1.807, 2.05) is 19.1 Å². The molecule has 5 atom stereocenters. The Hall–Kier alpha value is -1.76. The van der Waals surface area contributed by atoms with Crippen molar-refractivity contribution in [1.29, 1.82) is 0 Å². The number of carboxylic acid groups (broad SMARTS) is 1. The molecular weight excluding hydrogens is 230 g/mol. The molecule has 0 aromatic rings. The summed E-state index contributed by atoms with van der Waals surface area (Å²) in [7, 11) is 0. The SMILES string of the molecule is C#CCC(C)NC(=O)C1C2C=CC(C2)C1C(=O)O. The standard InChI is InChI=1S/C14H17NO3/c1-3-4-8(2)15-13(16)11-9-5-6-10(7-9)12(11)14(17)18/h1,5-6,8-12H,4,7H2,2H3,(H,15,16)(H,17,18). The van der Waals surface area contributed by atoms with Gasteiger partial charge in [-0.3, -0.25) is 9.59 Å². The van der Waals surface area contributed by atoms with Crippen LogP contribution in [-0.4, -0.2) is 23.0 Å². The second-order valence-corrected chi connectivity index (χ2v) is 5.16. The number of hydrogen-bond donors (Lipinski definition) is 2. The van der Waals surface area contributed by atoms with Gasteiger partial charge in [-0.25, -0.2) is 0 Å². The Kier molecular flexibility index (Phi) is 3.42. The summed E-state index contributed by atoms with van der Waals surface area (Å²) in [6.07, 6.45) is 10.3. The van der Waals surface area contributed by atoms with Crippen molar-refractivity contribution in [3.05, 3.63) is 12.2 Å². The molecule has 2 bridgehead atoms. The lowest BCUT2D eigenvalue weighted by Crippen LogP contribution is -2.43. The molecule has 5 unspecified atom stereocenters. The van der Waals surface area contributed by atoms with E-state index in [0.717, 1.165) is 6.42 Å². The smallest absolute Gasteiger partial charge is 0.307 e. The van der Waals surface area contributed by atoms with E-state index in [1.165, 1.54) is 0 Å². The van der Waals surface area contributed by atoms with Gasteiger partial charge >= 0.3 is 5.97 Å². The predicted octanol–water partition coefficient (Wildman–Crippen LogP) is 1.04. The van der Waals surface area contributed by atoms with Gasteiger partial charge in [-0.15, -0.1) is 12.3 Å². The van der Waals surface area contributed by atoms with E-state index in [4.69, 9.17) is 6.42 Å². The first-order valence-corrected chi connectivity index (χ1v) is 6.19. The lowest BCUT2D eigenvalue weighted by atomic mass is 9.82. The number of hydrogen-bond acceptors (Lipinski definition) is 2. The number of allylic oxidation sites excluding steroid dienone is 2. The van der Waals surface area contributed by atoms with Crippen molar-refractivity contribution < 1.29 is 14.7 Å². The zero-order chi connectivity index (χ0) is 13.3. The van der Waals surface area contributed by atoms with Gasteiger partial charge in [0.15, 0.2) is 0 Å². The third-order valence-corrected chi connectivity index (χ3v) is 3.86. The van der Waals surface area contributed by atoms with E-state index in [-0.39, 0.29) is 23.8 Å². The molecule has 0 saturated heterocycles. The zero-order valence-corrected chi connectivity index (χ0v) is 10.3. The first-order valence-electron chi connectivity index (χ1n) is 6.19. The van der Waals surface area contributed by atoms with Gasteiger partial charge in [0.2, 0.25) is 5.91 Å². The molecule has 0 aliphatic heterocycles. The van der Waals surface area contributed by atoms with Gasteiger partial charge in [-0.1, -0.05) is 12.2 Å². The summed E-state index contributed by atoms with van der Waals surface area (Å²) >= 11 is 0. The molecule has 2 aliphatic rings. The molecule has 4 nitrogen and oxygen atoms in total. The summed E-state index contributed by atoms with van der Waals surface area (Å²) in [4.78, 5) is 23.4. The quantitative estimate of drug-likeness (QED) is 0.576. The van der Waals surface area contributed by atoms with Gasteiger partial charge in [0.1, 0.15) is 0 Å². The fourth-order valence-electron chi connectivity index (χ4n) is 3.08. The molecule has 0 aromatic heterocycles. The molecule has 0 radical (unpaired) electrons. The van der Waals surface area contributed by atoms with Crippen LogP contribution >= 0.6 is 0 Å².